The molecule has 5 heteroatoms. The number of carboxylic acids is 1. The largest absolute Gasteiger partial charge is 0.479 e. The van der Waals surface area contributed by atoms with Gasteiger partial charge >= 0.3 is 5.97 Å². The number of nitrogens with zero attached hydrogens (tertiary/aromatic N) is 1. The fraction of sp³-hybridized carbons (Fsp3) is 0.429. The van der Waals surface area contributed by atoms with E-state index >= 15 is 0 Å². The van der Waals surface area contributed by atoms with Gasteiger partial charge in [0, 0.05) is 6.54 Å². The molecule has 0 radical (unpaired) electrons. The second-order valence-corrected chi connectivity index (χ2v) is 5.07. The third-order valence-corrected chi connectivity index (χ3v) is 3.24. The summed E-state index contributed by atoms with van der Waals surface area (Å²) in [6.07, 6.45) is -0.783. The van der Waals surface area contributed by atoms with Crippen LogP contribution in [0.25, 0.3) is 0 Å². The molecule has 19 heavy (non-hydrogen) atoms. The lowest BCUT2D eigenvalue weighted by Gasteiger charge is -2.25. The van der Waals surface area contributed by atoms with Crippen LogP contribution < -0.4 is 0 Å². The van der Waals surface area contributed by atoms with Gasteiger partial charge in [0.2, 0.25) is 5.91 Å². The average molecular weight is 263 g/mol. The van der Waals surface area contributed by atoms with E-state index in [9.17, 15) is 19.8 Å². The molecule has 1 aliphatic heterocycles. The molecule has 1 heterocycles. The Morgan fingerprint density at radius 1 is 1.32 bits per heavy atom. The van der Waals surface area contributed by atoms with Crippen LogP contribution in [0, 0.1) is 13.8 Å². The van der Waals surface area contributed by atoms with Crippen LogP contribution in [0.3, 0.4) is 0 Å². The molecule has 2 N–H and O–H groups in total. The highest BCUT2D eigenvalue weighted by molar-refractivity contribution is 5.86. The highest BCUT2D eigenvalue weighted by Gasteiger charge is 2.37. The number of amides is 1. The van der Waals surface area contributed by atoms with E-state index in [0.717, 1.165) is 11.1 Å². The molecule has 2 unspecified atom stereocenters. The molecule has 0 aliphatic carbocycles. The van der Waals surface area contributed by atoms with Crippen LogP contribution in [-0.4, -0.2) is 39.6 Å². The number of aryl methyl sites for hydroxylation is 2. The van der Waals surface area contributed by atoms with Crippen molar-refractivity contribution in [2.45, 2.75) is 32.4 Å². The van der Waals surface area contributed by atoms with Gasteiger partial charge < -0.3 is 15.1 Å². The summed E-state index contributed by atoms with van der Waals surface area (Å²) in [4.78, 5) is 24.5. The number of hydrogen-bond donors (Lipinski definition) is 2. The second kappa shape index (κ2) is 5.01. The van der Waals surface area contributed by atoms with Crippen molar-refractivity contribution in [2.75, 3.05) is 6.54 Å². The Kier molecular flexibility index (Phi) is 3.57. The molecule has 0 aromatic heterocycles. The van der Waals surface area contributed by atoms with Crippen molar-refractivity contribution >= 4 is 11.9 Å². The number of hydrogen-bond acceptors (Lipinski definition) is 3. The van der Waals surface area contributed by atoms with Crippen molar-refractivity contribution in [1.82, 2.24) is 4.90 Å². The van der Waals surface area contributed by atoms with Crippen molar-refractivity contribution in [3.63, 3.8) is 0 Å². The topological polar surface area (TPSA) is 77.8 Å². The number of aliphatic carboxylic acids is 1. The van der Waals surface area contributed by atoms with Crippen LogP contribution in [0.2, 0.25) is 0 Å². The van der Waals surface area contributed by atoms with Crippen LogP contribution in [0.5, 0.6) is 0 Å². The van der Waals surface area contributed by atoms with Crippen molar-refractivity contribution in [3.8, 4) is 0 Å². The Hall–Kier alpha value is -1.88. The predicted molar refractivity (Wildman–Crippen MR) is 68.6 cm³/mol. The van der Waals surface area contributed by atoms with Gasteiger partial charge in [-0.1, -0.05) is 29.3 Å². The Balaban J connectivity index is 2.40. The number of carboxylic acid groups (broad SMARTS) is 1. The number of benzene rings is 1. The number of aliphatic hydroxyl groups excluding tert-OH is 1. The van der Waals surface area contributed by atoms with Crippen molar-refractivity contribution < 1.29 is 19.8 Å². The van der Waals surface area contributed by atoms with Crippen molar-refractivity contribution in [1.29, 1.82) is 0 Å². The lowest BCUT2D eigenvalue weighted by molar-refractivity contribution is -0.148. The maximum atomic E-state index is 11.8. The number of carbonyl (C=O) groups excluding carboxylic acids is 1. The minimum absolute atomic E-state index is 0.00538. The molecule has 1 aliphatic rings. The Morgan fingerprint density at radius 3 is 2.32 bits per heavy atom. The first-order chi connectivity index (χ1) is 8.88. The third kappa shape index (κ3) is 2.76. The quantitative estimate of drug-likeness (QED) is 0.853. The van der Waals surface area contributed by atoms with Gasteiger partial charge in [-0.2, -0.15) is 0 Å². The van der Waals surface area contributed by atoms with E-state index in [1.165, 1.54) is 4.90 Å². The molecule has 1 saturated heterocycles. The molecule has 1 amide bonds. The minimum atomic E-state index is -1.08. The molecule has 0 saturated carbocycles. The number of aliphatic hydroxyl groups is 1. The monoisotopic (exact) mass is 263 g/mol. The summed E-state index contributed by atoms with van der Waals surface area (Å²) in [6, 6.07) is 4.46. The first kappa shape index (κ1) is 13.5. The van der Waals surface area contributed by atoms with Crippen LogP contribution in [0.1, 0.15) is 29.2 Å². The van der Waals surface area contributed by atoms with Gasteiger partial charge in [-0.3, -0.25) is 4.79 Å². The maximum absolute atomic E-state index is 11.8. The van der Waals surface area contributed by atoms with E-state index < -0.39 is 18.1 Å². The van der Waals surface area contributed by atoms with Gasteiger partial charge in [0.25, 0.3) is 0 Å². The number of rotatable bonds is 3. The number of β-amino-alcohol motifs (C(OH)–C–C–N with tert-alkyl or cyclic N) is 1. The first-order valence-electron chi connectivity index (χ1n) is 6.17. The molecule has 5 nitrogen and oxygen atoms in total. The molecule has 102 valence electrons. The van der Waals surface area contributed by atoms with Crippen LogP contribution in [0.4, 0.5) is 0 Å². The molecule has 1 aromatic rings. The van der Waals surface area contributed by atoms with Gasteiger partial charge in [0.05, 0.1) is 12.5 Å². The fourth-order valence-electron chi connectivity index (χ4n) is 2.59. The van der Waals surface area contributed by atoms with Gasteiger partial charge in [-0.05, 0) is 19.4 Å². The maximum Gasteiger partial charge on any atom is 0.331 e. The van der Waals surface area contributed by atoms with E-state index in [1.807, 2.05) is 19.9 Å². The molecular weight excluding hydrogens is 246 g/mol. The first-order valence-corrected chi connectivity index (χ1v) is 6.17. The van der Waals surface area contributed by atoms with E-state index in [-0.39, 0.29) is 18.9 Å². The average Bonchev–Trinajstić information content (AvgIpc) is 2.56. The van der Waals surface area contributed by atoms with E-state index in [0.29, 0.717) is 5.56 Å². The summed E-state index contributed by atoms with van der Waals surface area (Å²) in [6.45, 7) is 3.84. The molecule has 0 spiro atoms. The lowest BCUT2D eigenvalue weighted by Crippen LogP contribution is -2.35. The van der Waals surface area contributed by atoms with Crippen molar-refractivity contribution in [2.24, 2.45) is 0 Å². The molecule has 2 rings (SSSR count). The smallest absolute Gasteiger partial charge is 0.331 e. The van der Waals surface area contributed by atoms with Gasteiger partial charge in [0.15, 0.2) is 6.04 Å². The van der Waals surface area contributed by atoms with Crippen LogP contribution in [0.15, 0.2) is 18.2 Å². The molecule has 1 fully saturated rings. The second-order valence-electron chi connectivity index (χ2n) is 5.07. The van der Waals surface area contributed by atoms with Gasteiger partial charge in [-0.25, -0.2) is 4.79 Å². The van der Waals surface area contributed by atoms with Crippen molar-refractivity contribution in [3.05, 3.63) is 34.9 Å². The van der Waals surface area contributed by atoms with E-state index in [1.54, 1.807) is 12.1 Å². The zero-order valence-corrected chi connectivity index (χ0v) is 11.0. The molecule has 0 bridgehead atoms. The van der Waals surface area contributed by atoms with Gasteiger partial charge in [-0.15, -0.1) is 0 Å². The normalized spacial score (nSPS) is 20.7. The van der Waals surface area contributed by atoms with Gasteiger partial charge in [0.1, 0.15) is 0 Å². The fourth-order valence-corrected chi connectivity index (χ4v) is 2.59. The highest BCUT2D eigenvalue weighted by atomic mass is 16.4. The zero-order chi connectivity index (χ0) is 14.2. The Morgan fingerprint density at radius 2 is 1.89 bits per heavy atom. The summed E-state index contributed by atoms with van der Waals surface area (Å²) in [5, 5.41) is 18.9. The van der Waals surface area contributed by atoms with Crippen LogP contribution >= 0.6 is 0 Å². The van der Waals surface area contributed by atoms with E-state index in [2.05, 4.69) is 0 Å². The SMILES string of the molecule is Cc1cc(C)cc(C(C(=O)O)N2CC(O)CC2=O)c1. The third-order valence-electron chi connectivity index (χ3n) is 3.24. The zero-order valence-electron chi connectivity index (χ0n) is 11.0. The van der Waals surface area contributed by atoms with E-state index in [4.69, 9.17) is 0 Å². The number of carbonyl (C=O) groups is 2. The highest BCUT2D eigenvalue weighted by Crippen LogP contribution is 2.27. The summed E-state index contributed by atoms with van der Waals surface area (Å²) < 4.78 is 0. The number of likely N-dealkylation sites (tertiary alicyclic amines) is 1. The predicted octanol–water partition coefficient (Wildman–Crippen LogP) is 1.02. The Labute approximate surface area is 111 Å². The summed E-state index contributed by atoms with van der Waals surface area (Å²) in [5.41, 5.74) is 2.48. The molecular formula is C14H17NO4. The summed E-state index contributed by atoms with van der Waals surface area (Å²) in [5.74, 6) is -1.40. The standard InChI is InChI=1S/C14H17NO4/c1-8-3-9(2)5-10(4-8)13(14(18)19)15-7-11(16)6-12(15)17/h3-5,11,13,16H,6-7H2,1-2H3,(H,18,19). The summed E-state index contributed by atoms with van der Waals surface area (Å²) in [7, 11) is 0. The molecule has 1 aromatic carbocycles. The minimum Gasteiger partial charge on any atom is -0.479 e. The Bertz CT molecular complexity index is 506. The lowest BCUT2D eigenvalue weighted by atomic mass is 10.0. The summed E-state index contributed by atoms with van der Waals surface area (Å²) >= 11 is 0. The van der Waals surface area contributed by atoms with Crippen LogP contribution in [-0.2, 0) is 9.59 Å². The molecule has 2 atom stereocenters.